The number of alkyl halides is 3. The molecule has 0 saturated carbocycles. The molecule has 90 valence electrons. The fourth-order valence-electron chi connectivity index (χ4n) is 1.00. The van der Waals surface area contributed by atoms with Gasteiger partial charge in [0.05, 0.1) is 12.1 Å². The summed E-state index contributed by atoms with van der Waals surface area (Å²) in [6.07, 6.45) is -4.40. The molecular weight excluding hydrogens is 312 g/mol. The third-order valence-electron chi connectivity index (χ3n) is 1.57. The minimum Gasteiger partial charge on any atom is -0.491 e. The molecule has 1 rings (SSSR count). The maximum absolute atomic E-state index is 12.0. The minimum absolute atomic E-state index is 0.0563. The molecule has 0 aliphatic heterocycles. The molecule has 0 fully saturated rings. The van der Waals surface area contributed by atoms with Crippen molar-refractivity contribution in [2.24, 2.45) is 0 Å². The van der Waals surface area contributed by atoms with Crippen molar-refractivity contribution in [2.75, 3.05) is 13.7 Å². The number of benzene rings is 1. The van der Waals surface area contributed by atoms with Crippen molar-refractivity contribution >= 4 is 27.5 Å². The molecular formula is C9H7BrClF3O2. The summed E-state index contributed by atoms with van der Waals surface area (Å²) in [5.74, 6) is 0.0216. The molecule has 1 aromatic carbocycles. The van der Waals surface area contributed by atoms with E-state index < -0.39 is 12.8 Å². The Kier molecular flexibility index (Phi) is 4.32. The van der Waals surface area contributed by atoms with Crippen LogP contribution in [0.1, 0.15) is 0 Å². The Balaban J connectivity index is 2.94. The van der Waals surface area contributed by atoms with Crippen molar-refractivity contribution in [3.8, 4) is 11.5 Å². The van der Waals surface area contributed by atoms with Crippen molar-refractivity contribution in [1.82, 2.24) is 0 Å². The van der Waals surface area contributed by atoms with E-state index in [2.05, 4.69) is 20.7 Å². The predicted molar refractivity (Wildman–Crippen MR) is 57.3 cm³/mol. The Morgan fingerprint density at radius 2 is 2.00 bits per heavy atom. The summed E-state index contributed by atoms with van der Waals surface area (Å²) in [5.41, 5.74) is 0. The zero-order valence-corrected chi connectivity index (χ0v) is 10.4. The van der Waals surface area contributed by atoms with E-state index in [0.29, 0.717) is 4.47 Å². The molecule has 0 bridgehead atoms. The lowest BCUT2D eigenvalue weighted by Crippen LogP contribution is -2.19. The van der Waals surface area contributed by atoms with E-state index in [9.17, 15) is 13.2 Å². The monoisotopic (exact) mass is 318 g/mol. The van der Waals surface area contributed by atoms with E-state index in [1.165, 1.54) is 19.2 Å². The Morgan fingerprint density at radius 3 is 2.50 bits per heavy atom. The van der Waals surface area contributed by atoms with E-state index in [1.54, 1.807) is 0 Å². The van der Waals surface area contributed by atoms with Gasteiger partial charge >= 0.3 is 6.18 Å². The first-order valence-electron chi connectivity index (χ1n) is 4.06. The standard InChI is InChI=1S/C9H7BrClF3O2/c1-15-8-6(11)2-5(10)3-7(8)16-4-9(12,13)14/h2-3H,4H2,1H3. The molecule has 0 unspecified atom stereocenters. The molecule has 0 N–H and O–H groups in total. The van der Waals surface area contributed by atoms with E-state index in [1.807, 2.05) is 0 Å². The van der Waals surface area contributed by atoms with Crippen molar-refractivity contribution in [3.63, 3.8) is 0 Å². The smallest absolute Gasteiger partial charge is 0.422 e. The first-order chi connectivity index (χ1) is 7.33. The van der Waals surface area contributed by atoms with Crippen LogP contribution in [0.25, 0.3) is 0 Å². The summed E-state index contributed by atoms with van der Waals surface area (Å²) >= 11 is 8.86. The lowest BCUT2D eigenvalue weighted by Gasteiger charge is -2.13. The van der Waals surface area contributed by atoms with Crippen LogP contribution in [0.2, 0.25) is 5.02 Å². The second kappa shape index (κ2) is 5.14. The lowest BCUT2D eigenvalue weighted by atomic mass is 10.3. The van der Waals surface area contributed by atoms with E-state index in [-0.39, 0.29) is 16.5 Å². The maximum Gasteiger partial charge on any atom is 0.422 e. The van der Waals surface area contributed by atoms with Crippen LogP contribution in [0.5, 0.6) is 11.5 Å². The van der Waals surface area contributed by atoms with Crippen LogP contribution < -0.4 is 9.47 Å². The number of methoxy groups -OCH3 is 1. The highest BCUT2D eigenvalue weighted by Crippen LogP contribution is 2.38. The van der Waals surface area contributed by atoms with Crippen molar-refractivity contribution < 1.29 is 22.6 Å². The lowest BCUT2D eigenvalue weighted by molar-refractivity contribution is -0.153. The molecule has 2 nitrogen and oxygen atoms in total. The highest BCUT2D eigenvalue weighted by Gasteiger charge is 2.29. The van der Waals surface area contributed by atoms with Gasteiger partial charge in [-0.25, -0.2) is 0 Å². The molecule has 0 aliphatic rings. The Hall–Kier alpha value is -0.620. The van der Waals surface area contributed by atoms with Gasteiger partial charge in [0.2, 0.25) is 0 Å². The zero-order chi connectivity index (χ0) is 12.3. The number of ether oxygens (including phenoxy) is 2. The number of hydrogen-bond donors (Lipinski definition) is 0. The summed E-state index contributed by atoms with van der Waals surface area (Å²) < 4.78 is 45.9. The third-order valence-corrected chi connectivity index (χ3v) is 2.31. The third kappa shape index (κ3) is 3.75. The van der Waals surface area contributed by atoms with Gasteiger partial charge in [-0.1, -0.05) is 27.5 Å². The second-order valence-corrected chi connectivity index (χ2v) is 4.15. The van der Waals surface area contributed by atoms with Crippen molar-refractivity contribution in [3.05, 3.63) is 21.6 Å². The fourth-order valence-corrected chi connectivity index (χ4v) is 1.86. The first kappa shape index (κ1) is 13.4. The van der Waals surface area contributed by atoms with Gasteiger partial charge in [-0.05, 0) is 12.1 Å². The Morgan fingerprint density at radius 1 is 1.38 bits per heavy atom. The normalized spacial score (nSPS) is 11.4. The van der Waals surface area contributed by atoms with Gasteiger partial charge in [-0.3, -0.25) is 0 Å². The average molecular weight is 320 g/mol. The second-order valence-electron chi connectivity index (χ2n) is 2.82. The molecule has 0 atom stereocenters. The first-order valence-corrected chi connectivity index (χ1v) is 5.23. The van der Waals surface area contributed by atoms with E-state index in [0.717, 1.165) is 0 Å². The largest absolute Gasteiger partial charge is 0.491 e. The molecule has 1 aromatic rings. The average Bonchev–Trinajstić information content (AvgIpc) is 2.12. The molecule has 0 radical (unpaired) electrons. The van der Waals surface area contributed by atoms with Crippen LogP contribution in [0, 0.1) is 0 Å². The van der Waals surface area contributed by atoms with Gasteiger partial charge in [-0.2, -0.15) is 13.2 Å². The summed E-state index contributed by atoms with van der Waals surface area (Å²) in [4.78, 5) is 0. The van der Waals surface area contributed by atoms with Gasteiger partial charge in [0.15, 0.2) is 18.1 Å². The molecule has 0 spiro atoms. The van der Waals surface area contributed by atoms with Crippen LogP contribution in [-0.2, 0) is 0 Å². The van der Waals surface area contributed by atoms with Crippen molar-refractivity contribution in [1.29, 1.82) is 0 Å². The van der Waals surface area contributed by atoms with Gasteiger partial charge in [-0.15, -0.1) is 0 Å². The fraction of sp³-hybridized carbons (Fsp3) is 0.333. The van der Waals surface area contributed by atoms with Crippen LogP contribution >= 0.6 is 27.5 Å². The van der Waals surface area contributed by atoms with E-state index in [4.69, 9.17) is 16.3 Å². The van der Waals surface area contributed by atoms with Crippen LogP contribution in [0.15, 0.2) is 16.6 Å². The minimum atomic E-state index is -4.40. The van der Waals surface area contributed by atoms with Gasteiger partial charge < -0.3 is 9.47 Å². The molecule has 0 aliphatic carbocycles. The molecule has 16 heavy (non-hydrogen) atoms. The quantitative estimate of drug-likeness (QED) is 0.837. The topological polar surface area (TPSA) is 18.5 Å². The molecule has 7 heteroatoms. The van der Waals surface area contributed by atoms with E-state index >= 15 is 0 Å². The summed E-state index contributed by atoms with van der Waals surface area (Å²) in [6, 6.07) is 2.86. The van der Waals surface area contributed by atoms with Gasteiger partial charge in [0, 0.05) is 4.47 Å². The molecule has 0 saturated heterocycles. The summed E-state index contributed by atoms with van der Waals surface area (Å²) in [6.45, 7) is -1.39. The highest BCUT2D eigenvalue weighted by atomic mass is 79.9. The Bertz CT molecular complexity index is 382. The number of hydrogen-bond acceptors (Lipinski definition) is 2. The highest BCUT2D eigenvalue weighted by molar-refractivity contribution is 9.10. The molecule has 0 heterocycles. The SMILES string of the molecule is COc1c(Cl)cc(Br)cc1OCC(F)(F)F. The maximum atomic E-state index is 12.0. The number of halogens is 5. The van der Waals surface area contributed by atoms with Gasteiger partial charge in [0.1, 0.15) is 0 Å². The predicted octanol–water partition coefficient (Wildman–Crippen LogP) is 4.05. The molecule has 0 amide bonds. The summed E-state index contributed by atoms with van der Waals surface area (Å²) in [5, 5.41) is 0.175. The molecule has 0 aromatic heterocycles. The number of rotatable bonds is 3. The van der Waals surface area contributed by atoms with Gasteiger partial charge in [0.25, 0.3) is 0 Å². The Labute approximate surface area is 103 Å². The van der Waals surface area contributed by atoms with Crippen LogP contribution in [0.4, 0.5) is 13.2 Å². The van der Waals surface area contributed by atoms with Crippen LogP contribution in [0.3, 0.4) is 0 Å². The van der Waals surface area contributed by atoms with Crippen molar-refractivity contribution in [2.45, 2.75) is 6.18 Å². The zero-order valence-electron chi connectivity index (χ0n) is 8.07. The van der Waals surface area contributed by atoms with Crippen LogP contribution in [-0.4, -0.2) is 19.9 Å². The summed E-state index contributed by atoms with van der Waals surface area (Å²) in [7, 11) is 1.30.